The van der Waals surface area contributed by atoms with Crippen molar-refractivity contribution < 1.29 is 4.57 Å². The minimum Gasteiger partial charge on any atom is -0.198 e. The predicted octanol–water partition coefficient (Wildman–Crippen LogP) is 7.00. The number of hydrogen-bond donors (Lipinski definition) is 0. The molecule has 0 aliphatic carbocycles. The van der Waals surface area contributed by atoms with E-state index in [2.05, 4.69) is 120 Å². The second-order valence-corrected chi connectivity index (χ2v) is 8.37. The van der Waals surface area contributed by atoms with Crippen molar-refractivity contribution in [2.45, 2.75) is 18.9 Å². The zero-order valence-electron chi connectivity index (χ0n) is 17.4. The van der Waals surface area contributed by atoms with Crippen LogP contribution in [0.4, 0.5) is 0 Å². The van der Waals surface area contributed by atoms with Crippen LogP contribution in [-0.2, 0) is 6.54 Å². The molecule has 0 N–H and O–H groups in total. The fourth-order valence-electron chi connectivity index (χ4n) is 5.09. The summed E-state index contributed by atoms with van der Waals surface area (Å²) in [6.45, 7) is 1.04. The summed E-state index contributed by atoms with van der Waals surface area (Å²) in [6.07, 6.45) is 3.40. The largest absolute Gasteiger partial charge is 0.217 e. The molecule has 1 aromatic heterocycles. The molecule has 1 heteroatoms. The molecule has 0 saturated heterocycles. The molecule has 1 aliphatic heterocycles. The van der Waals surface area contributed by atoms with Crippen LogP contribution in [0, 0.1) is 0 Å². The van der Waals surface area contributed by atoms with Crippen LogP contribution < -0.4 is 4.57 Å². The van der Waals surface area contributed by atoms with E-state index in [0.29, 0.717) is 5.92 Å². The summed E-state index contributed by atoms with van der Waals surface area (Å²) in [6, 6.07) is 39.7. The third-order valence-electron chi connectivity index (χ3n) is 6.57. The molecule has 1 nitrogen and oxygen atoms in total. The summed E-state index contributed by atoms with van der Waals surface area (Å²) < 4.78 is 2.45. The van der Waals surface area contributed by atoms with E-state index in [1.54, 1.807) is 0 Å². The van der Waals surface area contributed by atoms with E-state index >= 15 is 0 Å². The Balaban J connectivity index is 1.68. The van der Waals surface area contributed by atoms with Crippen LogP contribution in [0.3, 0.4) is 0 Å². The van der Waals surface area contributed by atoms with Gasteiger partial charge in [-0.05, 0) is 34.4 Å². The lowest BCUT2D eigenvalue weighted by atomic mass is 9.82. The molecule has 4 aromatic carbocycles. The van der Waals surface area contributed by atoms with E-state index in [0.717, 1.165) is 13.0 Å². The zero-order valence-corrected chi connectivity index (χ0v) is 17.4. The summed E-state index contributed by atoms with van der Waals surface area (Å²) in [4.78, 5) is 0. The van der Waals surface area contributed by atoms with Gasteiger partial charge >= 0.3 is 0 Å². The average Bonchev–Trinajstić information content (AvgIpc) is 2.86. The first kappa shape index (κ1) is 18.1. The Bertz CT molecular complexity index is 1360. The number of rotatable bonds is 3. The average molecular weight is 399 g/mol. The fraction of sp³-hybridized carbons (Fsp3) is 0.100. The van der Waals surface area contributed by atoms with Gasteiger partial charge in [-0.2, -0.15) is 4.57 Å². The van der Waals surface area contributed by atoms with Gasteiger partial charge in [-0.3, -0.25) is 0 Å². The first-order valence-electron chi connectivity index (χ1n) is 11.0. The first-order valence-corrected chi connectivity index (χ1v) is 11.0. The molecule has 5 aromatic rings. The molecule has 0 saturated carbocycles. The molecule has 148 valence electrons. The van der Waals surface area contributed by atoms with Crippen molar-refractivity contribution >= 4 is 10.9 Å². The highest BCUT2D eigenvalue weighted by molar-refractivity contribution is 5.97. The minimum absolute atomic E-state index is 0.415. The van der Waals surface area contributed by atoms with Crippen molar-refractivity contribution in [3.8, 4) is 22.3 Å². The van der Waals surface area contributed by atoms with Crippen LogP contribution >= 0.6 is 0 Å². The van der Waals surface area contributed by atoms with Gasteiger partial charge in [0.1, 0.15) is 6.54 Å². The third kappa shape index (κ3) is 3.14. The number of aromatic nitrogens is 1. The number of hydrogen-bond acceptors (Lipinski definition) is 0. The van der Waals surface area contributed by atoms with Gasteiger partial charge in [-0.25, -0.2) is 0 Å². The number of aryl methyl sites for hydroxylation is 1. The normalized spacial score (nSPS) is 15.2. The van der Waals surface area contributed by atoms with Crippen LogP contribution in [0.5, 0.6) is 0 Å². The molecule has 31 heavy (non-hydrogen) atoms. The number of benzene rings is 4. The molecule has 1 aliphatic rings. The molecular formula is C30H24N+. The lowest BCUT2D eigenvalue weighted by Gasteiger charge is -2.24. The Labute approximate surface area is 183 Å². The van der Waals surface area contributed by atoms with Gasteiger partial charge in [0.2, 0.25) is 5.52 Å². The van der Waals surface area contributed by atoms with Crippen LogP contribution in [-0.4, -0.2) is 0 Å². The zero-order chi connectivity index (χ0) is 20.6. The number of nitrogens with zero attached hydrogens (tertiary/aromatic N) is 1. The van der Waals surface area contributed by atoms with Crippen LogP contribution in [0.25, 0.3) is 33.2 Å². The van der Waals surface area contributed by atoms with Gasteiger partial charge in [-0.15, -0.1) is 0 Å². The highest BCUT2D eigenvalue weighted by atomic mass is 15.0. The Hall–Kier alpha value is -3.71. The highest BCUT2D eigenvalue weighted by Crippen LogP contribution is 2.40. The van der Waals surface area contributed by atoms with Crippen LogP contribution in [0.2, 0.25) is 0 Å². The van der Waals surface area contributed by atoms with Crippen LogP contribution in [0.1, 0.15) is 23.5 Å². The molecule has 6 rings (SSSR count). The smallest absolute Gasteiger partial charge is 0.198 e. The molecule has 0 spiro atoms. The minimum atomic E-state index is 0.415. The van der Waals surface area contributed by atoms with Gasteiger partial charge in [0.05, 0.1) is 5.39 Å². The Morgan fingerprint density at radius 2 is 1.26 bits per heavy atom. The van der Waals surface area contributed by atoms with E-state index < -0.39 is 0 Å². The second kappa shape index (κ2) is 7.52. The Morgan fingerprint density at radius 3 is 1.97 bits per heavy atom. The topological polar surface area (TPSA) is 3.88 Å². The maximum atomic E-state index is 2.45. The molecule has 0 bridgehead atoms. The summed E-state index contributed by atoms with van der Waals surface area (Å²) in [5.41, 5.74) is 9.36. The maximum Gasteiger partial charge on any atom is 0.217 e. The van der Waals surface area contributed by atoms with Crippen molar-refractivity contribution in [1.82, 2.24) is 0 Å². The van der Waals surface area contributed by atoms with Crippen molar-refractivity contribution in [2.75, 3.05) is 0 Å². The third-order valence-corrected chi connectivity index (χ3v) is 6.57. The predicted molar refractivity (Wildman–Crippen MR) is 128 cm³/mol. The lowest BCUT2D eigenvalue weighted by Crippen LogP contribution is -2.39. The SMILES string of the molecule is c1ccc(-c2cc3c4c(c2)c(-c2ccccc2)cc[n+]4CCC3c2ccccc2)cc1. The molecular weight excluding hydrogens is 374 g/mol. The van der Waals surface area contributed by atoms with Gasteiger partial charge in [-0.1, -0.05) is 91.0 Å². The van der Waals surface area contributed by atoms with Gasteiger partial charge in [0, 0.05) is 29.5 Å². The fourth-order valence-corrected chi connectivity index (χ4v) is 5.09. The maximum absolute atomic E-state index is 2.45. The van der Waals surface area contributed by atoms with Crippen molar-refractivity contribution in [3.05, 3.63) is 127 Å². The Kier molecular flexibility index (Phi) is 4.39. The molecule has 0 radical (unpaired) electrons. The van der Waals surface area contributed by atoms with Gasteiger partial charge < -0.3 is 0 Å². The molecule has 1 atom stereocenters. The van der Waals surface area contributed by atoms with Gasteiger partial charge in [0.25, 0.3) is 0 Å². The standard InChI is InChI=1S/C30H24N/c1-4-10-22(11-5-1)25-20-28-26(23-12-6-2-7-13-23)16-18-31-19-17-27(29(21-25)30(28)31)24-14-8-3-9-15-24/h1-16,18,20-21,27H,17,19H2/q+1. The van der Waals surface area contributed by atoms with Crippen LogP contribution in [0.15, 0.2) is 115 Å². The van der Waals surface area contributed by atoms with Crippen molar-refractivity contribution in [3.63, 3.8) is 0 Å². The Morgan fingerprint density at radius 1 is 0.613 bits per heavy atom. The molecule has 1 unspecified atom stereocenters. The lowest BCUT2D eigenvalue weighted by molar-refractivity contribution is -0.674. The van der Waals surface area contributed by atoms with E-state index in [9.17, 15) is 0 Å². The van der Waals surface area contributed by atoms with Crippen molar-refractivity contribution in [2.24, 2.45) is 0 Å². The second-order valence-electron chi connectivity index (χ2n) is 8.37. The quantitative estimate of drug-likeness (QED) is 0.288. The van der Waals surface area contributed by atoms with E-state index in [-0.39, 0.29) is 0 Å². The molecule has 0 amide bonds. The highest BCUT2D eigenvalue weighted by Gasteiger charge is 2.30. The summed E-state index contributed by atoms with van der Waals surface area (Å²) in [5, 5.41) is 1.34. The van der Waals surface area contributed by atoms with Gasteiger partial charge in [0.15, 0.2) is 6.20 Å². The van der Waals surface area contributed by atoms with E-state index in [1.807, 2.05) is 0 Å². The summed E-state index contributed by atoms with van der Waals surface area (Å²) >= 11 is 0. The summed E-state index contributed by atoms with van der Waals surface area (Å²) in [7, 11) is 0. The number of pyridine rings is 1. The van der Waals surface area contributed by atoms with E-state index in [1.165, 1.54) is 44.3 Å². The molecule has 0 fully saturated rings. The summed E-state index contributed by atoms with van der Waals surface area (Å²) in [5.74, 6) is 0.415. The monoisotopic (exact) mass is 398 g/mol. The van der Waals surface area contributed by atoms with E-state index in [4.69, 9.17) is 0 Å². The molecule has 2 heterocycles. The van der Waals surface area contributed by atoms with Crippen molar-refractivity contribution in [1.29, 1.82) is 0 Å². The first-order chi connectivity index (χ1) is 15.4.